The Balaban J connectivity index is 1.97. The molecule has 2 rings (SSSR count). The van der Waals surface area contributed by atoms with Gasteiger partial charge in [0, 0.05) is 12.6 Å². The van der Waals surface area contributed by atoms with Crippen LogP contribution >= 0.6 is 0 Å². The van der Waals surface area contributed by atoms with Crippen molar-refractivity contribution in [3.05, 3.63) is 17.8 Å². The Hall–Kier alpha value is -1.69. The Morgan fingerprint density at radius 2 is 2.15 bits per heavy atom. The van der Waals surface area contributed by atoms with E-state index < -0.39 is 0 Å². The molecule has 0 saturated heterocycles. The highest BCUT2D eigenvalue weighted by Gasteiger charge is 2.24. The molecule has 1 saturated carbocycles. The van der Waals surface area contributed by atoms with Gasteiger partial charge in [-0.05, 0) is 44.4 Å². The smallest absolute Gasteiger partial charge is 0.271 e. The average molecular weight is 277 g/mol. The summed E-state index contributed by atoms with van der Waals surface area (Å²) in [6, 6.07) is 3.86. The second-order valence-corrected chi connectivity index (χ2v) is 5.19. The minimum absolute atomic E-state index is 0.191. The number of aromatic nitrogens is 2. The maximum Gasteiger partial charge on any atom is 0.271 e. The molecule has 1 aromatic rings. The zero-order valence-corrected chi connectivity index (χ0v) is 11.9. The van der Waals surface area contributed by atoms with Crippen LogP contribution in [-0.2, 0) is 0 Å². The summed E-state index contributed by atoms with van der Waals surface area (Å²) in [5.74, 6) is 1.01. The minimum Gasteiger partial charge on any atom is -0.366 e. The van der Waals surface area contributed by atoms with Crippen LogP contribution in [0.4, 0.5) is 5.82 Å². The minimum atomic E-state index is -0.191. The first-order valence-electron chi connectivity index (χ1n) is 7.33. The van der Waals surface area contributed by atoms with Gasteiger partial charge in [0.2, 0.25) is 0 Å². The van der Waals surface area contributed by atoms with Gasteiger partial charge in [0.15, 0.2) is 5.69 Å². The number of nitrogens with one attached hydrogen (secondary N) is 2. The lowest BCUT2D eigenvalue weighted by atomic mass is 9.84. The molecule has 2 atom stereocenters. The van der Waals surface area contributed by atoms with Gasteiger partial charge in [-0.15, -0.1) is 10.2 Å². The van der Waals surface area contributed by atoms with Crippen molar-refractivity contribution < 1.29 is 4.79 Å². The topological polar surface area (TPSA) is 92.9 Å². The van der Waals surface area contributed by atoms with Crippen molar-refractivity contribution in [1.82, 2.24) is 15.5 Å². The standard InChI is InChI=1S/C14H23N5O/c1-2-16-14(20)12-7-8-13(19-18-12)17-11-6-4-3-5-10(11)9-15/h7-8,10-11H,2-6,9,15H2,1H3,(H,16,20)(H,17,19). The maximum absolute atomic E-state index is 11.6. The van der Waals surface area contributed by atoms with E-state index in [4.69, 9.17) is 5.73 Å². The Bertz CT molecular complexity index is 434. The lowest BCUT2D eigenvalue weighted by Gasteiger charge is -2.31. The van der Waals surface area contributed by atoms with Gasteiger partial charge in [-0.2, -0.15) is 0 Å². The van der Waals surface area contributed by atoms with E-state index in [0.717, 1.165) is 6.42 Å². The molecule has 1 aliphatic rings. The molecular formula is C14H23N5O. The van der Waals surface area contributed by atoms with Gasteiger partial charge >= 0.3 is 0 Å². The van der Waals surface area contributed by atoms with Crippen molar-refractivity contribution >= 4 is 11.7 Å². The van der Waals surface area contributed by atoms with E-state index in [1.165, 1.54) is 19.3 Å². The number of nitrogens with zero attached hydrogens (tertiary/aromatic N) is 2. The summed E-state index contributed by atoms with van der Waals surface area (Å²) < 4.78 is 0. The van der Waals surface area contributed by atoms with E-state index in [9.17, 15) is 4.79 Å². The molecule has 1 heterocycles. The van der Waals surface area contributed by atoms with E-state index in [-0.39, 0.29) is 5.91 Å². The van der Waals surface area contributed by atoms with Crippen LogP contribution in [0.15, 0.2) is 12.1 Å². The monoisotopic (exact) mass is 277 g/mol. The highest BCUT2D eigenvalue weighted by Crippen LogP contribution is 2.25. The van der Waals surface area contributed by atoms with Crippen molar-refractivity contribution in [1.29, 1.82) is 0 Å². The quantitative estimate of drug-likeness (QED) is 0.751. The molecule has 0 aromatic carbocycles. The molecule has 1 amide bonds. The first-order chi connectivity index (χ1) is 9.74. The molecule has 110 valence electrons. The SMILES string of the molecule is CCNC(=O)c1ccc(NC2CCCCC2CN)nn1. The molecule has 1 fully saturated rings. The van der Waals surface area contributed by atoms with Gasteiger partial charge in [-0.25, -0.2) is 0 Å². The van der Waals surface area contributed by atoms with Crippen molar-refractivity contribution in [3.63, 3.8) is 0 Å². The molecule has 1 aromatic heterocycles. The first-order valence-corrected chi connectivity index (χ1v) is 7.33. The van der Waals surface area contributed by atoms with Crippen LogP contribution in [0.25, 0.3) is 0 Å². The van der Waals surface area contributed by atoms with Crippen molar-refractivity contribution in [2.75, 3.05) is 18.4 Å². The zero-order chi connectivity index (χ0) is 14.4. The van der Waals surface area contributed by atoms with Crippen LogP contribution in [0.3, 0.4) is 0 Å². The summed E-state index contributed by atoms with van der Waals surface area (Å²) in [5, 5.41) is 14.1. The normalized spacial score (nSPS) is 22.3. The van der Waals surface area contributed by atoms with Crippen molar-refractivity contribution in [2.45, 2.75) is 38.6 Å². The van der Waals surface area contributed by atoms with Gasteiger partial charge in [-0.1, -0.05) is 12.8 Å². The highest BCUT2D eigenvalue weighted by atomic mass is 16.1. The predicted octanol–water partition coefficient (Wildman–Crippen LogP) is 1.16. The summed E-state index contributed by atoms with van der Waals surface area (Å²) in [6.07, 6.45) is 4.75. The Morgan fingerprint density at radius 1 is 1.35 bits per heavy atom. The summed E-state index contributed by atoms with van der Waals surface area (Å²) in [4.78, 5) is 11.6. The Labute approximate surface area is 119 Å². The molecular weight excluding hydrogens is 254 g/mol. The van der Waals surface area contributed by atoms with E-state index in [2.05, 4.69) is 20.8 Å². The van der Waals surface area contributed by atoms with Crippen LogP contribution in [0.1, 0.15) is 43.1 Å². The van der Waals surface area contributed by atoms with Crippen LogP contribution in [-0.4, -0.2) is 35.2 Å². The molecule has 6 nitrogen and oxygen atoms in total. The summed E-state index contributed by atoms with van der Waals surface area (Å²) >= 11 is 0. The zero-order valence-electron chi connectivity index (χ0n) is 11.9. The second kappa shape index (κ2) is 7.19. The fraction of sp³-hybridized carbons (Fsp3) is 0.643. The van der Waals surface area contributed by atoms with E-state index in [0.29, 0.717) is 36.6 Å². The first kappa shape index (κ1) is 14.7. The van der Waals surface area contributed by atoms with Gasteiger partial charge in [-0.3, -0.25) is 4.79 Å². The van der Waals surface area contributed by atoms with E-state index >= 15 is 0 Å². The number of hydrogen-bond donors (Lipinski definition) is 3. The number of carbonyl (C=O) groups is 1. The lowest BCUT2D eigenvalue weighted by Crippen LogP contribution is -2.37. The molecule has 20 heavy (non-hydrogen) atoms. The number of rotatable bonds is 5. The molecule has 0 radical (unpaired) electrons. The Kier molecular flexibility index (Phi) is 5.29. The van der Waals surface area contributed by atoms with Gasteiger partial charge < -0.3 is 16.4 Å². The lowest BCUT2D eigenvalue weighted by molar-refractivity contribution is 0.0950. The summed E-state index contributed by atoms with van der Waals surface area (Å²) in [5.41, 5.74) is 6.16. The molecule has 2 unspecified atom stereocenters. The third-order valence-corrected chi connectivity index (χ3v) is 3.78. The molecule has 1 aliphatic carbocycles. The second-order valence-electron chi connectivity index (χ2n) is 5.19. The molecule has 0 spiro atoms. The molecule has 4 N–H and O–H groups in total. The average Bonchev–Trinajstić information content (AvgIpc) is 2.49. The summed E-state index contributed by atoms with van der Waals surface area (Å²) in [7, 11) is 0. The highest BCUT2D eigenvalue weighted by molar-refractivity contribution is 5.92. The predicted molar refractivity (Wildman–Crippen MR) is 78.5 cm³/mol. The number of carbonyl (C=O) groups excluding carboxylic acids is 1. The maximum atomic E-state index is 11.6. The van der Waals surface area contributed by atoms with Crippen molar-refractivity contribution in [3.8, 4) is 0 Å². The third-order valence-electron chi connectivity index (χ3n) is 3.78. The number of anilines is 1. The molecule has 0 bridgehead atoms. The van der Waals surface area contributed by atoms with Crippen LogP contribution in [0, 0.1) is 5.92 Å². The Morgan fingerprint density at radius 3 is 2.80 bits per heavy atom. The van der Waals surface area contributed by atoms with Crippen molar-refractivity contribution in [2.24, 2.45) is 11.7 Å². The molecule has 6 heteroatoms. The number of amides is 1. The largest absolute Gasteiger partial charge is 0.366 e. The molecule has 0 aliphatic heterocycles. The van der Waals surface area contributed by atoms with Gasteiger partial charge in [0.25, 0.3) is 5.91 Å². The fourth-order valence-corrected chi connectivity index (χ4v) is 2.65. The fourth-order valence-electron chi connectivity index (χ4n) is 2.65. The van der Waals surface area contributed by atoms with Crippen LogP contribution in [0.5, 0.6) is 0 Å². The third kappa shape index (κ3) is 3.66. The van der Waals surface area contributed by atoms with Gasteiger partial charge in [0.1, 0.15) is 5.82 Å². The van der Waals surface area contributed by atoms with E-state index in [1.807, 2.05) is 6.92 Å². The van der Waals surface area contributed by atoms with E-state index in [1.54, 1.807) is 12.1 Å². The number of nitrogens with two attached hydrogens (primary N) is 1. The number of hydrogen-bond acceptors (Lipinski definition) is 5. The summed E-state index contributed by atoms with van der Waals surface area (Å²) in [6.45, 7) is 3.15. The van der Waals surface area contributed by atoms with Gasteiger partial charge in [0.05, 0.1) is 0 Å². The van der Waals surface area contributed by atoms with Crippen LogP contribution in [0.2, 0.25) is 0 Å². The van der Waals surface area contributed by atoms with Crippen LogP contribution < -0.4 is 16.4 Å².